The van der Waals surface area contributed by atoms with Gasteiger partial charge in [0.05, 0.1) is 13.0 Å². The fraction of sp³-hybridized carbons (Fsp3) is 0.571. The van der Waals surface area contributed by atoms with E-state index in [1.54, 1.807) is 0 Å². The smallest absolute Gasteiger partial charge is 0.309 e. The monoisotopic (exact) mass is 233 g/mol. The van der Waals surface area contributed by atoms with E-state index in [1.807, 2.05) is 13.0 Å². The van der Waals surface area contributed by atoms with E-state index < -0.39 is 0 Å². The zero-order valence-electron chi connectivity index (χ0n) is 10.7. The van der Waals surface area contributed by atoms with Crippen LogP contribution in [0.2, 0.25) is 0 Å². The molecule has 0 unspecified atom stereocenters. The molecule has 1 aromatic rings. The number of rotatable bonds is 1. The van der Waals surface area contributed by atoms with Gasteiger partial charge in [-0.25, -0.2) is 0 Å². The summed E-state index contributed by atoms with van der Waals surface area (Å²) in [6.45, 7) is 4.19. The van der Waals surface area contributed by atoms with Gasteiger partial charge in [-0.15, -0.1) is 0 Å². The molecule has 0 spiro atoms. The molecule has 3 nitrogen and oxygen atoms in total. The van der Waals surface area contributed by atoms with Gasteiger partial charge in [0, 0.05) is 17.8 Å². The first kappa shape index (κ1) is 12.1. The van der Waals surface area contributed by atoms with Gasteiger partial charge in [-0.1, -0.05) is 13.0 Å². The first-order valence-electron chi connectivity index (χ1n) is 6.16. The lowest BCUT2D eigenvalue weighted by Gasteiger charge is -2.12. The van der Waals surface area contributed by atoms with Gasteiger partial charge < -0.3 is 4.74 Å². The second-order valence-electron chi connectivity index (χ2n) is 4.89. The van der Waals surface area contributed by atoms with Crippen LogP contribution < -0.4 is 0 Å². The van der Waals surface area contributed by atoms with Crippen LogP contribution in [0.15, 0.2) is 12.1 Å². The van der Waals surface area contributed by atoms with E-state index in [1.165, 1.54) is 12.7 Å². The molecule has 1 aliphatic rings. The van der Waals surface area contributed by atoms with Crippen molar-refractivity contribution in [2.24, 2.45) is 5.92 Å². The molecule has 1 aromatic heterocycles. The van der Waals surface area contributed by atoms with E-state index in [9.17, 15) is 4.79 Å². The Morgan fingerprint density at radius 2 is 2.18 bits per heavy atom. The third-order valence-electron chi connectivity index (χ3n) is 3.60. The zero-order chi connectivity index (χ0) is 12.4. The predicted molar refractivity (Wildman–Crippen MR) is 65.8 cm³/mol. The number of hydrogen-bond donors (Lipinski definition) is 0. The lowest BCUT2D eigenvalue weighted by atomic mass is 9.97. The second kappa shape index (κ2) is 4.86. The van der Waals surface area contributed by atoms with Gasteiger partial charge >= 0.3 is 5.97 Å². The molecule has 0 amide bonds. The normalized spacial score (nSPS) is 23.7. The minimum atomic E-state index is -0.103. The Balaban J connectivity index is 2.33. The van der Waals surface area contributed by atoms with Crippen molar-refractivity contribution < 1.29 is 9.53 Å². The lowest BCUT2D eigenvalue weighted by Crippen LogP contribution is -2.18. The standard InChI is InChI=1S/C14H19NO2/c1-9-4-6-11(14(16)17-3)8-13-12(9)7-5-10(2)15-13/h5,7,9,11H,4,6,8H2,1-3H3/t9-,11+/m0/s1. The van der Waals surface area contributed by atoms with E-state index in [0.29, 0.717) is 12.3 Å². The fourth-order valence-corrected chi connectivity index (χ4v) is 2.54. The Morgan fingerprint density at radius 1 is 1.41 bits per heavy atom. The van der Waals surface area contributed by atoms with E-state index in [0.717, 1.165) is 24.2 Å². The van der Waals surface area contributed by atoms with Crippen LogP contribution in [0.3, 0.4) is 0 Å². The van der Waals surface area contributed by atoms with Crippen LogP contribution in [0.5, 0.6) is 0 Å². The van der Waals surface area contributed by atoms with Crippen molar-refractivity contribution in [2.75, 3.05) is 7.11 Å². The summed E-state index contributed by atoms with van der Waals surface area (Å²) in [6, 6.07) is 4.20. The number of methoxy groups -OCH3 is 1. The predicted octanol–water partition coefficient (Wildman–Crippen LogP) is 2.62. The molecule has 0 saturated carbocycles. The SMILES string of the molecule is COC(=O)[C@@H]1CC[C@H](C)c2ccc(C)nc2C1. The highest BCUT2D eigenvalue weighted by Gasteiger charge is 2.27. The molecule has 17 heavy (non-hydrogen) atoms. The highest BCUT2D eigenvalue weighted by Crippen LogP contribution is 2.32. The van der Waals surface area contributed by atoms with Gasteiger partial charge in [-0.2, -0.15) is 0 Å². The number of carbonyl (C=O) groups excluding carboxylic acids is 1. The van der Waals surface area contributed by atoms with Crippen molar-refractivity contribution in [1.29, 1.82) is 0 Å². The molecule has 0 fully saturated rings. The van der Waals surface area contributed by atoms with E-state index in [2.05, 4.69) is 18.0 Å². The number of aromatic nitrogens is 1. The number of pyridine rings is 1. The minimum Gasteiger partial charge on any atom is -0.469 e. The van der Waals surface area contributed by atoms with E-state index in [-0.39, 0.29) is 11.9 Å². The first-order valence-corrected chi connectivity index (χ1v) is 6.16. The Labute approximate surface area is 102 Å². The fourth-order valence-electron chi connectivity index (χ4n) is 2.54. The van der Waals surface area contributed by atoms with Gasteiger partial charge in [-0.3, -0.25) is 9.78 Å². The summed E-state index contributed by atoms with van der Waals surface area (Å²) in [4.78, 5) is 16.3. The Morgan fingerprint density at radius 3 is 2.88 bits per heavy atom. The maximum atomic E-state index is 11.7. The van der Waals surface area contributed by atoms with Gasteiger partial charge in [0.1, 0.15) is 0 Å². The van der Waals surface area contributed by atoms with E-state index >= 15 is 0 Å². The molecule has 1 heterocycles. The van der Waals surface area contributed by atoms with Crippen LogP contribution in [0.1, 0.15) is 42.6 Å². The summed E-state index contributed by atoms with van der Waals surface area (Å²) < 4.78 is 4.86. The zero-order valence-corrected chi connectivity index (χ0v) is 10.7. The molecule has 0 N–H and O–H groups in total. The number of aryl methyl sites for hydroxylation is 1. The minimum absolute atomic E-state index is 0.0296. The molecule has 2 rings (SSSR count). The largest absolute Gasteiger partial charge is 0.469 e. The number of esters is 1. The van der Waals surface area contributed by atoms with Crippen LogP contribution in [-0.2, 0) is 16.0 Å². The third-order valence-corrected chi connectivity index (χ3v) is 3.60. The average molecular weight is 233 g/mol. The third kappa shape index (κ3) is 2.48. The van der Waals surface area contributed by atoms with Gasteiger partial charge in [0.2, 0.25) is 0 Å². The number of hydrogen-bond acceptors (Lipinski definition) is 3. The molecule has 1 aliphatic carbocycles. The van der Waals surface area contributed by atoms with Gasteiger partial charge in [0.25, 0.3) is 0 Å². The van der Waals surface area contributed by atoms with E-state index in [4.69, 9.17) is 4.74 Å². The van der Waals surface area contributed by atoms with Gasteiger partial charge in [-0.05, 0) is 37.3 Å². The molecule has 3 heteroatoms. The van der Waals surface area contributed by atoms with Crippen molar-refractivity contribution in [1.82, 2.24) is 4.98 Å². The summed E-state index contributed by atoms with van der Waals surface area (Å²) >= 11 is 0. The second-order valence-corrected chi connectivity index (χ2v) is 4.89. The summed E-state index contributed by atoms with van der Waals surface area (Å²) in [7, 11) is 1.46. The number of nitrogens with zero attached hydrogens (tertiary/aromatic N) is 1. The maximum absolute atomic E-state index is 11.7. The summed E-state index contributed by atoms with van der Waals surface area (Å²) in [6.07, 6.45) is 2.63. The average Bonchev–Trinajstić information content (AvgIpc) is 2.48. The molecule has 0 radical (unpaired) electrons. The van der Waals surface area contributed by atoms with Crippen LogP contribution >= 0.6 is 0 Å². The van der Waals surface area contributed by atoms with Crippen molar-refractivity contribution in [2.45, 2.75) is 39.0 Å². The van der Waals surface area contributed by atoms with Gasteiger partial charge in [0.15, 0.2) is 0 Å². The summed E-state index contributed by atoms with van der Waals surface area (Å²) in [5.41, 5.74) is 3.38. The Hall–Kier alpha value is -1.38. The van der Waals surface area contributed by atoms with Crippen molar-refractivity contribution in [3.63, 3.8) is 0 Å². The lowest BCUT2D eigenvalue weighted by molar-refractivity contribution is -0.145. The summed E-state index contributed by atoms with van der Waals surface area (Å²) in [5.74, 6) is 0.346. The molecule has 92 valence electrons. The topological polar surface area (TPSA) is 39.2 Å². The molecule has 0 bridgehead atoms. The highest BCUT2D eigenvalue weighted by molar-refractivity contribution is 5.72. The van der Waals surface area contributed by atoms with Crippen LogP contribution in [0.4, 0.5) is 0 Å². The molecule has 0 saturated heterocycles. The maximum Gasteiger partial charge on any atom is 0.309 e. The van der Waals surface area contributed by atoms with Crippen molar-refractivity contribution in [3.05, 3.63) is 29.1 Å². The van der Waals surface area contributed by atoms with Crippen molar-refractivity contribution in [3.8, 4) is 0 Å². The van der Waals surface area contributed by atoms with Crippen LogP contribution in [0, 0.1) is 12.8 Å². The Bertz CT molecular complexity index is 428. The molecule has 2 atom stereocenters. The number of carbonyl (C=O) groups is 1. The molecular formula is C14H19NO2. The molecular weight excluding hydrogens is 214 g/mol. The van der Waals surface area contributed by atoms with Crippen molar-refractivity contribution >= 4 is 5.97 Å². The van der Waals surface area contributed by atoms with Crippen LogP contribution in [-0.4, -0.2) is 18.1 Å². The molecule has 0 aliphatic heterocycles. The summed E-state index contributed by atoms with van der Waals surface area (Å²) in [5, 5.41) is 0. The van der Waals surface area contributed by atoms with Crippen LogP contribution in [0.25, 0.3) is 0 Å². The first-order chi connectivity index (χ1) is 8.11. The highest BCUT2D eigenvalue weighted by atomic mass is 16.5. The number of ether oxygens (including phenoxy) is 1. The molecule has 0 aromatic carbocycles. The quantitative estimate of drug-likeness (QED) is 0.553. The number of fused-ring (bicyclic) bond motifs is 1. The Kier molecular flexibility index (Phi) is 3.46.